The largest absolute Gasteiger partial charge is 0.393 e. The Morgan fingerprint density at radius 1 is 1.10 bits per heavy atom. The van der Waals surface area contributed by atoms with Crippen LogP contribution in [0.1, 0.15) is 38.5 Å². The number of hydrogen-bond donors (Lipinski definition) is 1. The molecule has 0 radical (unpaired) electrons. The van der Waals surface area contributed by atoms with Crippen molar-refractivity contribution >= 4 is 0 Å². The lowest BCUT2D eigenvalue weighted by Gasteiger charge is -2.04. The number of rotatable bonds is 0. The van der Waals surface area contributed by atoms with E-state index in [9.17, 15) is 5.11 Å². The number of aliphatic hydroxyl groups excluding tert-OH is 1. The predicted octanol–water partition coefficient (Wildman–Crippen LogP) is 2.26. The second kappa shape index (κ2) is 4.51. The van der Waals surface area contributed by atoms with Crippen molar-refractivity contribution in [2.45, 2.75) is 44.6 Å². The first-order valence-corrected chi connectivity index (χ1v) is 4.22. The van der Waals surface area contributed by atoms with Gasteiger partial charge in [0.1, 0.15) is 0 Å². The SMILES string of the molecule is OC1C/C=C\CCCCC1. The Morgan fingerprint density at radius 2 is 2.00 bits per heavy atom. The molecule has 0 aromatic heterocycles. The zero-order chi connectivity index (χ0) is 7.23. The van der Waals surface area contributed by atoms with Crippen molar-refractivity contribution in [3.8, 4) is 0 Å². The molecule has 1 atom stereocenters. The van der Waals surface area contributed by atoms with Crippen LogP contribution in [0.15, 0.2) is 12.2 Å². The third-order valence-corrected chi connectivity index (χ3v) is 1.98. The summed E-state index contributed by atoms with van der Waals surface area (Å²) in [5, 5.41) is 9.29. The molecule has 1 heteroatoms. The van der Waals surface area contributed by atoms with E-state index in [1.165, 1.54) is 25.7 Å². The molecule has 0 saturated carbocycles. The van der Waals surface area contributed by atoms with Crippen molar-refractivity contribution in [1.29, 1.82) is 0 Å². The lowest BCUT2D eigenvalue weighted by molar-refractivity contribution is 0.164. The summed E-state index contributed by atoms with van der Waals surface area (Å²) in [7, 11) is 0. The molecule has 1 aliphatic rings. The van der Waals surface area contributed by atoms with E-state index in [4.69, 9.17) is 0 Å². The third kappa shape index (κ3) is 3.02. The minimum Gasteiger partial charge on any atom is -0.393 e. The number of aliphatic hydroxyl groups is 1. The predicted molar refractivity (Wildman–Crippen MR) is 42.8 cm³/mol. The monoisotopic (exact) mass is 140 g/mol. The van der Waals surface area contributed by atoms with E-state index in [2.05, 4.69) is 12.2 Å². The van der Waals surface area contributed by atoms with Gasteiger partial charge in [-0.25, -0.2) is 0 Å². The molecular weight excluding hydrogens is 124 g/mol. The van der Waals surface area contributed by atoms with E-state index in [1.807, 2.05) is 0 Å². The van der Waals surface area contributed by atoms with Gasteiger partial charge in [0.2, 0.25) is 0 Å². The minimum absolute atomic E-state index is 0.0747. The Hall–Kier alpha value is -0.300. The van der Waals surface area contributed by atoms with Crippen molar-refractivity contribution in [2.75, 3.05) is 0 Å². The zero-order valence-electron chi connectivity index (χ0n) is 6.42. The summed E-state index contributed by atoms with van der Waals surface area (Å²) in [4.78, 5) is 0. The molecule has 0 aromatic carbocycles. The average molecular weight is 140 g/mol. The summed E-state index contributed by atoms with van der Waals surface area (Å²) >= 11 is 0. The molecule has 58 valence electrons. The van der Waals surface area contributed by atoms with Crippen LogP contribution in [-0.2, 0) is 0 Å². The lowest BCUT2D eigenvalue weighted by atomic mass is 10.1. The van der Waals surface area contributed by atoms with Crippen molar-refractivity contribution < 1.29 is 5.11 Å². The van der Waals surface area contributed by atoms with E-state index in [0.29, 0.717) is 0 Å². The van der Waals surface area contributed by atoms with E-state index < -0.39 is 0 Å². The molecule has 0 heterocycles. The molecule has 1 unspecified atom stereocenters. The third-order valence-electron chi connectivity index (χ3n) is 1.98. The van der Waals surface area contributed by atoms with Crippen LogP contribution < -0.4 is 0 Å². The summed E-state index contributed by atoms with van der Waals surface area (Å²) in [6, 6.07) is 0. The number of hydrogen-bond acceptors (Lipinski definition) is 1. The quantitative estimate of drug-likeness (QED) is 0.512. The highest BCUT2D eigenvalue weighted by molar-refractivity contribution is 4.85. The van der Waals surface area contributed by atoms with Gasteiger partial charge in [0.05, 0.1) is 6.10 Å². The van der Waals surface area contributed by atoms with Crippen LogP contribution in [0.4, 0.5) is 0 Å². The van der Waals surface area contributed by atoms with Crippen LogP contribution in [0.25, 0.3) is 0 Å². The molecule has 0 aliphatic heterocycles. The normalized spacial score (nSPS) is 31.9. The smallest absolute Gasteiger partial charge is 0.0574 e. The Balaban J connectivity index is 2.26. The first kappa shape index (κ1) is 7.80. The summed E-state index contributed by atoms with van der Waals surface area (Å²) < 4.78 is 0. The van der Waals surface area contributed by atoms with Crippen molar-refractivity contribution in [3.05, 3.63) is 12.2 Å². The van der Waals surface area contributed by atoms with Crippen molar-refractivity contribution in [1.82, 2.24) is 0 Å². The van der Waals surface area contributed by atoms with Gasteiger partial charge in [-0.3, -0.25) is 0 Å². The number of allylic oxidation sites excluding steroid dienone is 1. The minimum atomic E-state index is -0.0747. The van der Waals surface area contributed by atoms with Crippen LogP contribution in [0.5, 0.6) is 0 Å². The van der Waals surface area contributed by atoms with E-state index in [1.54, 1.807) is 0 Å². The van der Waals surface area contributed by atoms with Gasteiger partial charge in [0.25, 0.3) is 0 Å². The van der Waals surface area contributed by atoms with Crippen LogP contribution >= 0.6 is 0 Å². The summed E-state index contributed by atoms with van der Waals surface area (Å²) in [5.41, 5.74) is 0. The van der Waals surface area contributed by atoms with Gasteiger partial charge in [-0.05, 0) is 25.7 Å². The highest BCUT2D eigenvalue weighted by Crippen LogP contribution is 2.11. The maximum atomic E-state index is 9.29. The van der Waals surface area contributed by atoms with E-state index in [-0.39, 0.29) is 6.10 Å². The molecule has 0 saturated heterocycles. The maximum Gasteiger partial charge on any atom is 0.0574 e. The fraction of sp³-hybridized carbons (Fsp3) is 0.778. The molecule has 0 amide bonds. The first-order chi connectivity index (χ1) is 4.89. The Labute approximate surface area is 62.8 Å². The average Bonchev–Trinajstić information content (AvgIpc) is 2.02. The van der Waals surface area contributed by atoms with E-state index >= 15 is 0 Å². The maximum absolute atomic E-state index is 9.29. The summed E-state index contributed by atoms with van der Waals surface area (Å²) in [6.45, 7) is 0. The van der Waals surface area contributed by atoms with Gasteiger partial charge in [0.15, 0.2) is 0 Å². The molecule has 1 N–H and O–H groups in total. The van der Waals surface area contributed by atoms with Crippen LogP contribution in [-0.4, -0.2) is 11.2 Å². The van der Waals surface area contributed by atoms with Gasteiger partial charge in [0, 0.05) is 0 Å². The van der Waals surface area contributed by atoms with Gasteiger partial charge in [-0.1, -0.05) is 25.0 Å². The second-order valence-electron chi connectivity index (χ2n) is 3.00. The van der Waals surface area contributed by atoms with Crippen molar-refractivity contribution in [3.63, 3.8) is 0 Å². The molecule has 10 heavy (non-hydrogen) atoms. The molecule has 0 fully saturated rings. The van der Waals surface area contributed by atoms with Gasteiger partial charge in [-0.2, -0.15) is 0 Å². The molecule has 1 rings (SSSR count). The van der Waals surface area contributed by atoms with Gasteiger partial charge >= 0.3 is 0 Å². The zero-order valence-corrected chi connectivity index (χ0v) is 6.42. The van der Waals surface area contributed by atoms with Gasteiger partial charge < -0.3 is 5.11 Å². The first-order valence-electron chi connectivity index (χ1n) is 4.22. The second-order valence-corrected chi connectivity index (χ2v) is 3.00. The highest BCUT2D eigenvalue weighted by Gasteiger charge is 2.01. The van der Waals surface area contributed by atoms with Crippen LogP contribution in [0, 0.1) is 0 Å². The fourth-order valence-corrected chi connectivity index (χ4v) is 1.31. The van der Waals surface area contributed by atoms with E-state index in [0.717, 1.165) is 12.8 Å². The topological polar surface area (TPSA) is 20.2 Å². The summed E-state index contributed by atoms with van der Waals surface area (Å²) in [6.07, 6.45) is 11.0. The van der Waals surface area contributed by atoms with Gasteiger partial charge in [-0.15, -0.1) is 0 Å². The Morgan fingerprint density at radius 3 is 2.90 bits per heavy atom. The van der Waals surface area contributed by atoms with Crippen LogP contribution in [0.2, 0.25) is 0 Å². The Kier molecular flexibility index (Phi) is 3.52. The van der Waals surface area contributed by atoms with Crippen LogP contribution in [0.3, 0.4) is 0 Å². The highest BCUT2D eigenvalue weighted by atomic mass is 16.3. The Bertz CT molecular complexity index is 107. The fourth-order valence-electron chi connectivity index (χ4n) is 1.31. The van der Waals surface area contributed by atoms with Crippen molar-refractivity contribution in [2.24, 2.45) is 0 Å². The molecule has 0 aromatic rings. The lowest BCUT2D eigenvalue weighted by Crippen LogP contribution is -2.03. The molecule has 1 nitrogen and oxygen atoms in total. The standard InChI is InChI=1S/C9H16O/c10-9-7-5-3-1-2-4-6-8-9/h3,5,9-10H,1-2,4,6-8H2/b5-3-. The molecule has 0 bridgehead atoms. The molecule has 0 spiro atoms. The molecule has 1 aliphatic carbocycles. The molecular formula is C9H16O. The summed E-state index contributed by atoms with van der Waals surface area (Å²) in [5.74, 6) is 0.